The molecule has 0 atom stereocenters. The lowest BCUT2D eigenvalue weighted by molar-refractivity contribution is 0.261. The van der Waals surface area contributed by atoms with Gasteiger partial charge in [-0.05, 0) is 108 Å². The Hall–Kier alpha value is -6.94. The van der Waals surface area contributed by atoms with Gasteiger partial charge in [-0.1, -0.05) is 54.6 Å². The number of halogens is 2. The zero-order chi connectivity index (χ0) is 34.9. The van der Waals surface area contributed by atoms with Crippen LogP contribution in [0.15, 0.2) is 152 Å². The van der Waals surface area contributed by atoms with Crippen molar-refractivity contribution in [2.45, 2.75) is 0 Å². The van der Waals surface area contributed by atoms with Crippen molar-refractivity contribution in [2.24, 2.45) is 0 Å². The van der Waals surface area contributed by atoms with Crippen molar-refractivity contribution in [3.8, 4) is 17.2 Å². The minimum atomic E-state index is -0.442. The van der Waals surface area contributed by atoms with Gasteiger partial charge in [0.15, 0.2) is 0 Å². The standard InChI is InChI=1S/C23H17FN2O2.C17H13FN2O2/c24-17-10-12-18(13-11-17)25-23(27)26-22-8-4-5-16-9-14-20(15-21(16)22)28-19-6-2-1-3-7-19;18-12-5-7-13(8-6-12)19-17(22)20-16-3-1-2-11-4-9-14(21)10-15(11)16/h1-15H,(H2,25,26,27);1-10,21H,(H2,19,20,22). The number of anilines is 4. The number of hydrogen-bond donors (Lipinski definition) is 5. The van der Waals surface area contributed by atoms with Crippen LogP contribution in [0.2, 0.25) is 0 Å². The first-order valence-electron chi connectivity index (χ1n) is 15.4. The van der Waals surface area contributed by atoms with Gasteiger partial charge in [0.05, 0.1) is 11.4 Å². The molecule has 7 aromatic rings. The van der Waals surface area contributed by atoms with Crippen molar-refractivity contribution in [1.29, 1.82) is 0 Å². The molecule has 0 saturated carbocycles. The van der Waals surface area contributed by atoms with Crippen LogP contribution in [0, 0.1) is 11.6 Å². The highest BCUT2D eigenvalue weighted by atomic mass is 19.1. The summed E-state index contributed by atoms with van der Waals surface area (Å²) in [5.41, 5.74) is 2.22. The zero-order valence-corrected chi connectivity index (χ0v) is 26.4. The molecule has 0 aromatic heterocycles. The summed E-state index contributed by atoms with van der Waals surface area (Å²) in [6.45, 7) is 0. The SMILES string of the molecule is O=C(Nc1ccc(F)cc1)Nc1cccc2ccc(O)cc12.O=C(Nc1ccc(F)cc1)Nc1cccc2ccc(Oc3ccccc3)cc12. The number of phenols is 1. The van der Waals surface area contributed by atoms with Crippen molar-refractivity contribution < 1.29 is 28.2 Å². The van der Waals surface area contributed by atoms with E-state index in [1.54, 1.807) is 24.3 Å². The lowest BCUT2D eigenvalue weighted by Gasteiger charge is -2.12. The summed E-state index contributed by atoms with van der Waals surface area (Å²) in [6, 6.07) is 41.5. The van der Waals surface area contributed by atoms with E-state index in [9.17, 15) is 23.5 Å². The molecule has 0 saturated heterocycles. The Morgan fingerprint density at radius 1 is 0.480 bits per heavy atom. The lowest BCUT2D eigenvalue weighted by atomic mass is 10.1. The van der Waals surface area contributed by atoms with E-state index >= 15 is 0 Å². The van der Waals surface area contributed by atoms with Gasteiger partial charge in [0.25, 0.3) is 0 Å². The van der Waals surface area contributed by atoms with E-state index in [0.29, 0.717) is 28.5 Å². The molecule has 0 heterocycles. The van der Waals surface area contributed by atoms with E-state index in [-0.39, 0.29) is 17.4 Å². The van der Waals surface area contributed by atoms with E-state index in [1.165, 1.54) is 48.5 Å². The second-order valence-electron chi connectivity index (χ2n) is 11.0. The third-order valence-electron chi connectivity index (χ3n) is 7.40. The summed E-state index contributed by atoms with van der Waals surface area (Å²) in [6.07, 6.45) is 0. The predicted molar refractivity (Wildman–Crippen MR) is 194 cm³/mol. The highest BCUT2D eigenvalue weighted by Gasteiger charge is 2.09. The molecule has 248 valence electrons. The first kappa shape index (κ1) is 33.0. The summed E-state index contributed by atoms with van der Waals surface area (Å²) in [5, 5.41) is 23.9. The average Bonchev–Trinajstić information content (AvgIpc) is 3.11. The van der Waals surface area contributed by atoms with Crippen molar-refractivity contribution >= 4 is 56.4 Å². The van der Waals surface area contributed by atoms with Gasteiger partial charge >= 0.3 is 12.1 Å². The van der Waals surface area contributed by atoms with Crippen LogP contribution in [0.4, 0.5) is 41.1 Å². The number of carbonyl (C=O) groups is 2. The topological polar surface area (TPSA) is 112 Å². The Morgan fingerprint density at radius 3 is 1.52 bits per heavy atom. The van der Waals surface area contributed by atoms with Crippen LogP contribution in [0.3, 0.4) is 0 Å². The quantitative estimate of drug-likeness (QED) is 0.121. The van der Waals surface area contributed by atoms with Gasteiger partial charge in [-0.25, -0.2) is 18.4 Å². The molecule has 0 spiro atoms. The monoisotopic (exact) mass is 668 g/mol. The minimum Gasteiger partial charge on any atom is -0.508 e. The first-order valence-corrected chi connectivity index (χ1v) is 15.4. The fraction of sp³-hybridized carbons (Fsp3) is 0. The highest BCUT2D eigenvalue weighted by molar-refractivity contribution is 6.07. The number of amides is 4. The molecule has 0 aliphatic carbocycles. The van der Waals surface area contributed by atoms with Crippen LogP contribution in [0.5, 0.6) is 17.2 Å². The molecular formula is C40H30F2N4O4. The van der Waals surface area contributed by atoms with Gasteiger partial charge < -0.3 is 31.1 Å². The summed E-state index contributed by atoms with van der Waals surface area (Å²) < 4.78 is 31.7. The number of benzene rings is 7. The first-order chi connectivity index (χ1) is 24.3. The molecule has 0 aliphatic heterocycles. The number of nitrogens with one attached hydrogen (secondary N) is 4. The molecule has 5 N–H and O–H groups in total. The molecule has 10 heteroatoms. The highest BCUT2D eigenvalue weighted by Crippen LogP contribution is 2.30. The van der Waals surface area contributed by atoms with Crippen molar-refractivity contribution in [3.63, 3.8) is 0 Å². The second-order valence-corrected chi connectivity index (χ2v) is 11.0. The predicted octanol–water partition coefficient (Wildman–Crippen LogP) is 10.7. The number of urea groups is 2. The molecule has 7 aromatic carbocycles. The number of hydrogen-bond acceptors (Lipinski definition) is 4. The maximum absolute atomic E-state index is 13.0. The Balaban J connectivity index is 0.000000178. The fourth-order valence-electron chi connectivity index (χ4n) is 5.05. The molecule has 4 amide bonds. The normalized spacial score (nSPS) is 10.4. The number of rotatable bonds is 6. The molecular weight excluding hydrogens is 638 g/mol. The van der Waals surface area contributed by atoms with Crippen LogP contribution in [0.1, 0.15) is 0 Å². The molecule has 8 nitrogen and oxygen atoms in total. The number of para-hydroxylation sites is 1. The molecule has 0 fully saturated rings. The van der Waals surface area contributed by atoms with Gasteiger partial charge in [0, 0.05) is 22.1 Å². The van der Waals surface area contributed by atoms with Gasteiger partial charge in [-0.2, -0.15) is 0 Å². The van der Waals surface area contributed by atoms with Gasteiger partial charge in [-0.3, -0.25) is 0 Å². The minimum absolute atomic E-state index is 0.126. The number of ether oxygens (including phenoxy) is 1. The fourth-order valence-corrected chi connectivity index (χ4v) is 5.05. The van der Waals surface area contributed by atoms with Gasteiger partial charge in [0.1, 0.15) is 28.9 Å². The molecule has 50 heavy (non-hydrogen) atoms. The second kappa shape index (κ2) is 15.3. The maximum Gasteiger partial charge on any atom is 0.323 e. The summed E-state index contributed by atoms with van der Waals surface area (Å²) in [5.74, 6) is 0.815. The Kier molecular flexibility index (Phi) is 10.1. The largest absolute Gasteiger partial charge is 0.508 e. The Labute approximate surface area is 286 Å². The van der Waals surface area contributed by atoms with E-state index in [4.69, 9.17) is 4.74 Å². The van der Waals surface area contributed by atoms with E-state index in [2.05, 4.69) is 21.3 Å². The van der Waals surface area contributed by atoms with Crippen molar-refractivity contribution in [2.75, 3.05) is 21.3 Å². The Morgan fingerprint density at radius 2 is 0.980 bits per heavy atom. The number of fused-ring (bicyclic) bond motifs is 2. The van der Waals surface area contributed by atoms with Crippen molar-refractivity contribution in [1.82, 2.24) is 0 Å². The summed E-state index contributed by atoms with van der Waals surface area (Å²) >= 11 is 0. The third-order valence-corrected chi connectivity index (χ3v) is 7.40. The number of phenolic OH excluding ortho intramolecular Hbond substituents is 1. The smallest absolute Gasteiger partial charge is 0.323 e. The average molecular weight is 669 g/mol. The molecule has 0 aliphatic rings. The molecule has 0 unspecified atom stereocenters. The van der Waals surface area contributed by atoms with Gasteiger partial charge in [-0.15, -0.1) is 0 Å². The Bertz CT molecular complexity index is 2270. The summed E-state index contributed by atoms with van der Waals surface area (Å²) in [7, 11) is 0. The van der Waals surface area contributed by atoms with Crippen LogP contribution >= 0.6 is 0 Å². The third kappa shape index (κ3) is 8.69. The van der Waals surface area contributed by atoms with Crippen LogP contribution in [-0.4, -0.2) is 17.2 Å². The van der Waals surface area contributed by atoms with E-state index in [0.717, 1.165) is 27.3 Å². The molecule has 0 bridgehead atoms. The van der Waals surface area contributed by atoms with E-state index in [1.807, 2.05) is 78.9 Å². The molecule has 7 rings (SSSR count). The van der Waals surface area contributed by atoms with Crippen LogP contribution < -0.4 is 26.0 Å². The number of aromatic hydroxyl groups is 1. The summed E-state index contributed by atoms with van der Waals surface area (Å²) in [4.78, 5) is 24.4. The van der Waals surface area contributed by atoms with Gasteiger partial charge in [0.2, 0.25) is 0 Å². The lowest BCUT2D eigenvalue weighted by Crippen LogP contribution is -2.19. The molecule has 0 radical (unpaired) electrons. The maximum atomic E-state index is 13.0. The van der Waals surface area contributed by atoms with Crippen molar-refractivity contribution in [3.05, 3.63) is 163 Å². The van der Waals surface area contributed by atoms with E-state index < -0.39 is 12.1 Å². The van der Waals surface area contributed by atoms with Crippen LogP contribution in [0.25, 0.3) is 21.5 Å². The number of carbonyl (C=O) groups excluding carboxylic acids is 2. The van der Waals surface area contributed by atoms with Crippen LogP contribution in [-0.2, 0) is 0 Å². The zero-order valence-electron chi connectivity index (χ0n) is 26.4.